The van der Waals surface area contributed by atoms with E-state index in [0.29, 0.717) is 26.3 Å². The van der Waals surface area contributed by atoms with E-state index in [4.69, 9.17) is 10.5 Å². The molecule has 1 aliphatic rings. The van der Waals surface area contributed by atoms with E-state index in [1.54, 1.807) is 36.4 Å². The summed E-state index contributed by atoms with van der Waals surface area (Å²) in [6, 6.07) is 14.9. The number of hydrogen-bond acceptors (Lipinski definition) is 5. The molecule has 1 aliphatic heterocycles. The van der Waals surface area contributed by atoms with Crippen LogP contribution in [0.2, 0.25) is 0 Å². The summed E-state index contributed by atoms with van der Waals surface area (Å²) in [5.74, 6) is -0.286. The van der Waals surface area contributed by atoms with Crippen molar-refractivity contribution in [1.29, 1.82) is 0 Å². The Hall–Kier alpha value is -2.26. The second kappa shape index (κ2) is 8.62. The number of rotatable bonds is 6. The first-order valence-electron chi connectivity index (χ1n) is 8.73. The van der Waals surface area contributed by atoms with E-state index < -0.39 is 16.1 Å². The maximum atomic E-state index is 12.6. The van der Waals surface area contributed by atoms with Crippen molar-refractivity contribution in [2.75, 3.05) is 26.3 Å². The number of nitrogens with one attached hydrogen (secondary N) is 1. The van der Waals surface area contributed by atoms with E-state index in [1.165, 1.54) is 4.31 Å². The smallest absolute Gasteiger partial charge is 0.243 e. The zero-order valence-corrected chi connectivity index (χ0v) is 15.7. The van der Waals surface area contributed by atoms with E-state index in [9.17, 15) is 13.2 Å². The first-order chi connectivity index (χ1) is 13.0. The third-order valence-electron chi connectivity index (χ3n) is 4.44. The van der Waals surface area contributed by atoms with Crippen LogP contribution in [0.4, 0.5) is 0 Å². The molecule has 0 aliphatic carbocycles. The maximum Gasteiger partial charge on any atom is 0.243 e. The lowest BCUT2D eigenvalue weighted by molar-refractivity contribution is -0.122. The summed E-state index contributed by atoms with van der Waals surface area (Å²) in [6.07, 6.45) is 0. The van der Waals surface area contributed by atoms with Crippen LogP contribution in [-0.4, -0.2) is 44.9 Å². The van der Waals surface area contributed by atoms with Crippen LogP contribution < -0.4 is 11.1 Å². The molecule has 7 nitrogen and oxygen atoms in total. The van der Waals surface area contributed by atoms with Crippen molar-refractivity contribution in [2.24, 2.45) is 5.73 Å². The molecule has 1 heterocycles. The highest BCUT2D eigenvalue weighted by Crippen LogP contribution is 2.18. The maximum absolute atomic E-state index is 12.6. The zero-order chi connectivity index (χ0) is 19.3. The number of sulfonamides is 1. The van der Waals surface area contributed by atoms with Gasteiger partial charge < -0.3 is 15.8 Å². The van der Waals surface area contributed by atoms with Gasteiger partial charge in [-0.15, -0.1) is 0 Å². The van der Waals surface area contributed by atoms with Gasteiger partial charge in [0, 0.05) is 19.6 Å². The van der Waals surface area contributed by atoms with Gasteiger partial charge >= 0.3 is 0 Å². The SMILES string of the molecule is NC(C(=O)NCc1ccc(S(=O)(=O)N2CCOCC2)cc1)c1ccccc1. The minimum absolute atomic E-state index is 0.237. The topological polar surface area (TPSA) is 102 Å². The van der Waals surface area contributed by atoms with Gasteiger partial charge in [-0.05, 0) is 23.3 Å². The fourth-order valence-electron chi connectivity index (χ4n) is 2.83. The minimum Gasteiger partial charge on any atom is -0.379 e. The molecule has 1 saturated heterocycles. The molecule has 3 N–H and O–H groups in total. The highest BCUT2D eigenvalue weighted by Gasteiger charge is 2.26. The number of morpholine rings is 1. The van der Waals surface area contributed by atoms with Crippen LogP contribution in [0.1, 0.15) is 17.2 Å². The highest BCUT2D eigenvalue weighted by atomic mass is 32.2. The van der Waals surface area contributed by atoms with Crippen LogP contribution in [0.15, 0.2) is 59.5 Å². The molecule has 0 saturated carbocycles. The second-order valence-corrected chi connectivity index (χ2v) is 8.20. The molecule has 144 valence electrons. The summed E-state index contributed by atoms with van der Waals surface area (Å²) in [4.78, 5) is 12.4. The van der Waals surface area contributed by atoms with Gasteiger partial charge in [0.25, 0.3) is 0 Å². The van der Waals surface area contributed by atoms with Crippen molar-refractivity contribution in [3.8, 4) is 0 Å². The molecule has 2 aromatic carbocycles. The summed E-state index contributed by atoms with van der Waals surface area (Å²) in [5.41, 5.74) is 7.49. The molecule has 3 rings (SSSR count). The molecular weight excluding hydrogens is 366 g/mol. The van der Waals surface area contributed by atoms with Crippen molar-refractivity contribution < 1.29 is 17.9 Å². The first kappa shape index (κ1) is 19.5. The quantitative estimate of drug-likeness (QED) is 0.768. The Labute approximate surface area is 159 Å². The van der Waals surface area contributed by atoms with Crippen LogP contribution in [0.25, 0.3) is 0 Å². The molecule has 1 amide bonds. The number of benzene rings is 2. The van der Waals surface area contributed by atoms with Crippen LogP contribution in [0.5, 0.6) is 0 Å². The van der Waals surface area contributed by atoms with Gasteiger partial charge in [-0.25, -0.2) is 8.42 Å². The predicted octanol–water partition coefficient (Wildman–Crippen LogP) is 1.02. The molecule has 0 aromatic heterocycles. The predicted molar refractivity (Wildman–Crippen MR) is 101 cm³/mol. The van der Waals surface area contributed by atoms with Crippen molar-refractivity contribution in [3.05, 3.63) is 65.7 Å². The van der Waals surface area contributed by atoms with Gasteiger partial charge in [0.15, 0.2) is 0 Å². The summed E-state index contributed by atoms with van der Waals surface area (Å²) in [5, 5.41) is 2.78. The van der Waals surface area contributed by atoms with Gasteiger partial charge in [0.1, 0.15) is 6.04 Å². The summed E-state index contributed by atoms with van der Waals surface area (Å²) in [6.45, 7) is 1.81. The number of ether oxygens (including phenoxy) is 1. The third kappa shape index (κ3) is 4.72. The second-order valence-electron chi connectivity index (χ2n) is 6.27. The Morgan fingerprint density at radius 3 is 2.33 bits per heavy atom. The largest absolute Gasteiger partial charge is 0.379 e. The fraction of sp³-hybridized carbons (Fsp3) is 0.316. The zero-order valence-electron chi connectivity index (χ0n) is 14.9. The minimum atomic E-state index is -3.51. The number of carbonyl (C=O) groups excluding carboxylic acids is 1. The lowest BCUT2D eigenvalue weighted by Gasteiger charge is -2.26. The fourth-order valence-corrected chi connectivity index (χ4v) is 4.23. The average molecular weight is 389 g/mol. The van der Waals surface area contributed by atoms with Crippen molar-refractivity contribution in [3.63, 3.8) is 0 Å². The molecule has 0 spiro atoms. The Morgan fingerprint density at radius 1 is 1.07 bits per heavy atom. The monoisotopic (exact) mass is 389 g/mol. The lowest BCUT2D eigenvalue weighted by atomic mass is 10.1. The number of amides is 1. The molecule has 27 heavy (non-hydrogen) atoms. The normalized spacial score (nSPS) is 16.6. The van der Waals surface area contributed by atoms with Gasteiger partial charge in [0.2, 0.25) is 15.9 Å². The van der Waals surface area contributed by atoms with Gasteiger partial charge in [0.05, 0.1) is 18.1 Å². The van der Waals surface area contributed by atoms with Crippen LogP contribution >= 0.6 is 0 Å². The van der Waals surface area contributed by atoms with Crippen LogP contribution in [0.3, 0.4) is 0 Å². The molecule has 1 atom stereocenters. The summed E-state index contributed by atoms with van der Waals surface area (Å²) >= 11 is 0. The van der Waals surface area contributed by atoms with Crippen LogP contribution in [-0.2, 0) is 26.1 Å². The lowest BCUT2D eigenvalue weighted by Crippen LogP contribution is -2.40. The molecule has 8 heteroatoms. The molecule has 1 unspecified atom stereocenters. The van der Waals surface area contributed by atoms with E-state index in [1.807, 2.05) is 18.2 Å². The van der Waals surface area contributed by atoms with E-state index >= 15 is 0 Å². The summed E-state index contributed by atoms with van der Waals surface area (Å²) < 4.78 is 31.8. The van der Waals surface area contributed by atoms with Gasteiger partial charge in [-0.3, -0.25) is 4.79 Å². The molecule has 1 fully saturated rings. The Bertz CT molecular complexity index is 864. The van der Waals surface area contributed by atoms with Gasteiger partial charge in [-0.1, -0.05) is 42.5 Å². The van der Waals surface area contributed by atoms with Crippen molar-refractivity contribution in [2.45, 2.75) is 17.5 Å². The van der Waals surface area contributed by atoms with Crippen molar-refractivity contribution >= 4 is 15.9 Å². The third-order valence-corrected chi connectivity index (χ3v) is 6.35. The van der Waals surface area contributed by atoms with E-state index in [-0.39, 0.29) is 17.3 Å². The van der Waals surface area contributed by atoms with Gasteiger partial charge in [-0.2, -0.15) is 4.31 Å². The number of hydrogen-bond donors (Lipinski definition) is 2. The molecular formula is C19H23N3O4S. The average Bonchev–Trinajstić information content (AvgIpc) is 2.73. The van der Waals surface area contributed by atoms with Crippen LogP contribution in [0, 0.1) is 0 Å². The Kier molecular flexibility index (Phi) is 6.22. The summed E-state index contributed by atoms with van der Waals surface area (Å²) in [7, 11) is -3.51. The number of nitrogens with zero attached hydrogens (tertiary/aromatic N) is 1. The molecule has 2 aromatic rings. The highest BCUT2D eigenvalue weighted by molar-refractivity contribution is 7.89. The Balaban J connectivity index is 1.60. The van der Waals surface area contributed by atoms with E-state index in [2.05, 4.69) is 5.32 Å². The molecule has 0 bridgehead atoms. The first-order valence-corrected chi connectivity index (χ1v) is 10.2. The molecule has 0 radical (unpaired) electrons. The van der Waals surface area contributed by atoms with Crippen molar-refractivity contribution in [1.82, 2.24) is 9.62 Å². The number of nitrogens with two attached hydrogens (primary N) is 1. The standard InChI is InChI=1S/C19H23N3O4S/c20-18(16-4-2-1-3-5-16)19(23)21-14-15-6-8-17(9-7-15)27(24,25)22-10-12-26-13-11-22/h1-9,18H,10-14,20H2,(H,21,23). The Morgan fingerprint density at radius 2 is 1.70 bits per heavy atom. The van der Waals surface area contributed by atoms with E-state index in [0.717, 1.165) is 11.1 Å². The number of carbonyl (C=O) groups is 1.